The fourth-order valence-corrected chi connectivity index (χ4v) is 2.45. The first-order valence-corrected chi connectivity index (χ1v) is 6.99. The Morgan fingerprint density at radius 2 is 1.57 bits per heavy atom. The molecule has 0 aliphatic heterocycles. The Kier molecular flexibility index (Phi) is 3.82. The molecule has 118 valence electrons. The highest BCUT2D eigenvalue weighted by atomic mass is 35.5. The van der Waals surface area contributed by atoms with Crippen LogP contribution in [0.15, 0.2) is 54.6 Å². The Morgan fingerprint density at radius 3 is 2.26 bits per heavy atom. The zero-order valence-electron chi connectivity index (χ0n) is 11.6. The van der Waals surface area contributed by atoms with Gasteiger partial charge in [-0.1, -0.05) is 35.9 Å². The predicted molar refractivity (Wildman–Crippen MR) is 82.1 cm³/mol. The molecule has 0 unspecified atom stereocenters. The molecule has 3 aromatic carbocycles. The van der Waals surface area contributed by atoms with E-state index in [4.69, 9.17) is 16.3 Å². The monoisotopic (exact) mass is 338 g/mol. The van der Waals surface area contributed by atoms with Crippen LogP contribution in [0.5, 0.6) is 17.2 Å². The highest BCUT2D eigenvalue weighted by Gasteiger charge is 2.31. The lowest BCUT2D eigenvalue weighted by molar-refractivity contribution is -0.137. The van der Waals surface area contributed by atoms with Crippen LogP contribution in [0.1, 0.15) is 5.56 Å². The van der Waals surface area contributed by atoms with Gasteiger partial charge in [0, 0.05) is 10.8 Å². The van der Waals surface area contributed by atoms with Crippen molar-refractivity contribution >= 4 is 22.4 Å². The number of phenolic OH excluding ortho intramolecular Hbond substituents is 1. The van der Waals surface area contributed by atoms with Gasteiger partial charge >= 0.3 is 6.18 Å². The molecule has 0 spiro atoms. The molecule has 6 heteroatoms. The number of alkyl halides is 3. The van der Waals surface area contributed by atoms with Crippen molar-refractivity contribution in [3.05, 3.63) is 65.2 Å². The summed E-state index contributed by atoms with van der Waals surface area (Å²) in [4.78, 5) is 0. The minimum Gasteiger partial charge on any atom is -0.507 e. The molecular weight excluding hydrogens is 329 g/mol. The Morgan fingerprint density at radius 1 is 0.870 bits per heavy atom. The van der Waals surface area contributed by atoms with Gasteiger partial charge in [0.2, 0.25) is 0 Å². The Bertz CT molecular complexity index is 875. The molecule has 0 saturated carbocycles. The third-order valence-electron chi connectivity index (χ3n) is 3.34. The summed E-state index contributed by atoms with van der Waals surface area (Å²) in [6, 6.07) is 12.9. The summed E-state index contributed by atoms with van der Waals surface area (Å²) in [7, 11) is 0. The van der Waals surface area contributed by atoms with Crippen molar-refractivity contribution < 1.29 is 23.0 Å². The Hall–Kier alpha value is -2.40. The molecule has 0 heterocycles. The number of fused-ring (bicyclic) bond motifs is 1. The van der Waals surface area contributed by atoms with Crippen molar-refractivity contribution in [3.8, 4) is 17.2 Å². The molecule has 3 rings (SSSR count). The number of ether oxygens (including phenoxy) is 1. The van der Waals surface area contributed by atoms with Crippen LogP contribution in [-0.4, -0.2) is 5.11 Å². The van der Waals surface area contributed by atoms with Crippen molar-refractivity contribution in [2.45, 2.75) is 6.18 Å². The van der Waals surface area contributed by atoms with E-state index in [9.17, 15) is 18.3 Å². The third-order valence-corrected chi connectivity index (χ3v) is 3.63. The second kappa shape index (κ2) is 5.66. The number of rotatable bonds is 2. The van der Waals surface area contributed by atoms with Crippen molar-refractivity contribution in [1.29, 1.82) is 0 Å². The van der Waals surface area contributed by atoms with Crippen molar-refractivity contribution in [1.82, 2.24) is 0 Å². The van der Waals surface area contributed by atoms with Gasteiger partial charge in [0.25, 0.3) is 0 Å². The van der Waals surface area contributed by atoms with E-state index in [2.05, 4.69) is 0 Å². The summed E-state index contributed by atoms with van der Waals surface area (Å²) in [5.74, 6) is 0.585. The van der Waals surface area contributed by atoms with E-state index < -0.39 is 11.7 Å². The van der Waals surface area contributed by atoms with Gasteiger partial charge in [0.1, 0.15) is 17.2 Å². The zero-order valence-corrected chi connectivity index (χ0v) is 12.3. The van der Waals surface area contributed by atoms with Crippen LogP contribution in [-0.2, 0) is 6.18 Å². The van der Waals surface area contributed by atoms with Crippen LogP contribution in [0.2, 0.25) is 5.02 Å². The summed E-state index contributed by atoms with van der Waals surface area (Å²) in [5.41, 5.74) is -0.842. The molecule has 0 bridgehead atoms. The minimum atomic E-state index is -4.46. The molecule has 0 fully saturated rings. The molecular formula is C17H10ClF3O2. The minimum absolute atomic E-state index is 0.0893. The number of hydrogen-bond acceptors (Lipinski definition) is 2. The van der Waals surface area contributed by atoms with Gasteiger partial charge in [-0.25, -0.2) is 0 Å². The highest BCUT2D eigenvalue weighted by Crippen LogP contribution is 2.39. The van der Waals surface area contributed by atoms with E-state index >= 15 is 0 Å². The lowest BCUT2D eigenvalue weighted by Crippen LogP contribution is -2.04. The molecule has 1 N–H and O–H groups in total. The lowest BCUT2D eigenvalue weighted by atomic mass is 10.1. The van der Waals surface area contributed by atoms with Gasteiger partial charge in [-0.15, -0.1) is 0 Å². The van der Waals surface area contributed by atoms with E-state index in [0.29, 0.717) is 16.5 Å². The molecule has 0 aliphatic carbocycles. The van der Waals surface area contributed by atoms with E-state index in [1.165, 1.54) is 12.1 Å². The van der Waals surface area contributed by atoms with Crippen LogP contribution in [0.3, 0.4) is 0 Å². The molecule has 0 radical (unpaired) electrons. The smallest absolute Gasteiger partial charge is 0.416 e. The number of halogens is 4. The first-order chi connectivity index (χ1) is 10.9. The van der Waals surface area contributed by atoms with Crippen molar-refractivity contribution in [2.24, 2.45) is 0 Å². The number of benzene rings is 3. The topological polar surface area (TPSA) is 29.5 Å². The molecule has 2 nitrogen and oxygen atoms in total. The van der Waals surface area contributed by atoms with Gasteiger partial charge in [0.15, 0.2) is 0 Å². The van der Waals surface area contributed by atoms with E-state index in [1.54, 1.807) is 30.3 Å². The van der Waals surface area contributed by atoms with Crippen molar-refractivity contribution in [2.75, 3.05) is 0 Å². The normalized spacial score (nSPS) is 11.7. The van der Waals surface area contributed by atoms with Gasteiger partial charge in [-0.2, -0.15) is 13.2 Å². The summed E-state index contributed by atoms with van der Waals surface area (Å²) in [6.45, 7) is 0. The van der Waals surface area contributed by atoms with Crippen LogP contribution < -0.4 is 4.74 Å². The van der Waals surface area contributed by atoms with Gasteiger partial charge in [0.05, 0.1) is 10.6 Å². The number of phenols is 1. The maximum absolute atomic E-state index is 12.7. The predicted octanol–water partition coefficient (Wildman–Crippen LogP) is 6.01. The number of hydrogen-bond donors (Lipinski definition) is 1. The summed E-state index contributed by atoms with van der Waals surface area (Å²) in [5, 5.41) is 10.9. The molecule has 23 heavy (non-hydrogen) atoms. The van der Waals surface area contributed by atoms with Gasteiger partial charge < -0.3 is 9.84 Å². The van der Waals surface area contributed by atoms with Crippen LogP contribution in [0, 0.1) is 0 Å². The van der Waals surface area contributed by atoms with Gasteiger partial charge in [-0.05, 0) is 30.3 Å². The van der Waals surface area contributed by atoms with Crippen LogP contribution >= 0.6 is 11.6 Å². The zero-order chi connectivity index (χ0) is 16.6. The highest BCUT2D eigenvalue weighted by molar-refractivity contribution is 6.32. The number of aromatic hydroxyl groups is 1. The average molecular weight is 339 g/mol. The summed E-state index contributed by atoms with van der Waals surface area (Å²) < 4.78 is 43.6. The molecule has 3 aromatic rings. The summed E-state index contributed by atoms with van der Waals surface area (Å²) >= 11 is 5.89. The third kappa shape index (κ3) is 3.05. The first kappa shape index (κ1) is 15.5. The average Bonchev–Trinajstić information content (AvgIpc) is 2.49. The van der Waals surface area contributed by atoms with E-state index in [-0.39, 0.29) is 16.5 Å². The molecule has 0 atom stereocenters. The fraction of sp³-hybridized carbons (Fsp3) is 0.0588. The second-order valence-corrected chi connectivity index (χ2v) is 5.28. The maximum Gasteiger partial charge on any atom is 0.416 e. The SMILES string of the molecule is Oc1cccc2c(Oc3ccc(C(F)(F)F)cc3Cl)cccc12. The molecule has 0 amide bonds. The second-order valence-electron chi connectivity index (χ2n) is 4.87. The van der Waals surface area contributed by atoms with Crippen LogP contribution in [0.4, 0.5) is 13.2 Å². The Balaban J connectivity index is 2.02. The summed E-state index contributed by atoms with van der Waals surface area (Å²) in [6.07, 6.45) is -4.46. The fourth-order valence-electron chi connectivity index (χ4n) is 2.23. The Labute approximate surface area is 134 Å². The maximum atomic E-state index is 12.7. The quantitative estimate of drug-likeness (QED) is 0.620. The molecule has 0 aliphatic rings. The van der Waals surface area contributed by atoms with E-state index in [0.717, 1.165) is 12.1 Å². The molecule has 0 saturated heterocycles. The largest absolute Gasteiger partial charge is 0.507 e. The lowest BCUT2D eigenvalue weighted by Gasteiger charge is -2.13. The van der Waals surface area contributed by atoms with E-state index in [1.807, 2.05) is 0 Å². The standard InChI is InChI=1S/C17H10ClF3O2/c18-13-9-10(17(19,20)21)7-8-16(13)23-15-6-2-3-11-12(15)4-1-5-14(11)22/h1-9,22H. The van der Waals surface area contributed by atoms with Crippen LogP contribution in [0.25, 0.3) is 10.8 Å². The first-order valence-electron chi connectivity index (χ1n) is 6.61. The van der Waals surface area contributed by atoms with Gasteiger partial charge in [-0.3, -0.25) is 0 Å². The van der Waals surface area contributed by atoms with Crippen molar-refractivity contribution in [3.63, 3.8) is 0 Å². The molecule has 0 aromatic heterocycles.